The van der Waals surface area contributed by atoms with Gasteiger partial charge in [-0.3, -0.25) is 0 Å². The number of rotatable bonds is 4. The molecule has 1 aliphatic rings. The van der Waals surface area contributed by atoms with Gasteiger partial charge in [-0.2, -0.15) is 15.0 Å². The molecule has 1 aliphatic carbocycles. The fraction of sp³-hybridized carbons (Fsp3) is 0.500. The summed E-state index contributed by atoms with van der Waals surface area (Å²) in [4.78, 5) is 28.2. The summed E-state index contributed by atoms with van der Waals surface area (Å²) in [5, 5.41) is 0. The zero-order valence-corrected chi connectivity index (χ0v) is 14.9. The fourth-order valence-corrected chi connectivity index (χ4v) is 3.80. The van der Waals surface area contributed by atoms with Crippen LogP contribution in [0.5, 0.6) is 0 Å². The van der Waals surface area contributed by atoms with Gasteiger partial charge in [-0.15, -0.1) is 11.3 Å². The molecule has 1 unspecified atom stereocenters. The van der Waals surface area contributed by atoms with Gasteiger partial charge in [-0.25, -0.2) is 4.79 Å². The second-order valence-corrected chi connectivity index (χ2v) is 7.42. The van der Waals surface area contributed by atoms with Gasteiger partial charge in [0, 0.05) is 19.0 Å². The van der Waals surface area contributed by atoms with Gasteiger partial charge in [-0.1, -0.05) is 6.92 Å². The van der Waals surface area contributed by atoms with E-state index in [0.717, 1.165) is 12.8 Å². The molecular formula is C16H21N5O2S. The van der Waals surface area contributed by atoms with E-state index < -0.39 is 0 Å². The van der Waals surface area contributed by atoms with Crippen LogP contribution in [-0.2, 0) is 24.2 Å². The van der Waals surface area contributed by atoms with Crippen LogP contribution >= 0.6 is 11.3 Å². The topological polar surface area (TPSA) is 94.2 Å². The maximum absolute atomic E-state index is 12.3. The highest BCUT2D eigenvalue weighted by Crippen LogP contribution is 2.32. The summed E-state index contributed by atoms with van der Waals surface area (Å²) in [7, 11) is 3.61. The first-order valence-corrected chi connectivity index (χ1v) is 8.70. The number of aromatic nitrogens is 3. The summed E-state index contributed by atoms with van der Waals surface area (Å²) in [6.45, 7) is 2.22. The lowest BCUT2D eigenvalue weighted by molar-refractivity contribution is 0.0468. The van der Waals surface area contributed by atoms with Gasteiger partial charge < -0.3 is 15.4 Å². The highest BCUT2D eigenvalue weighted by Gasteiger charge is 2.21. The molecular weight excluding hydrogens is 326 g/mol. The van der Waals surface area contributed by atoms with Crippen LogP contribution in [0.15, 0.2) is 6.07 Å². The minimum absolute atomic E-state index is 0.0225. The molecule has 2 aromatic heterocycles. The van der Waals surface area contributed by atoms with Crippen molar-refractivity contribution in [3.63, 3.8) is 0 Å². The van der Waals surface area contributed by atoms with Crippen LogP contribution in [0.3, 0.4) is 0 Å². The molecule has 1 atom stereocenters. The Morgan fingerprint density at radius 1 is 1.42 bits per heavy atom. The molecule has 0 spiro atoms. The van der Waals surface area contributed by atoms with Crippen molar-refractivity contribution in [1.29, 1.82) is 0 Å². The van der Waals surface area contributed by atoms with E-state index >= 15 is 0 Å². The van der Waals surface area contributed by atoms with E-state index in [9.17, 15) is 4.79 Å². The largest absolute Gasteiger partial charge is 0.453 e. The Hall–Kier alpha value is -2.22. The number of fused-ring (bicyclic) bond motifs is 1. The summed E-state index contributed by atoms with van der Waals surface area (Å²) >= 11 is 1.53. The highest BCUT2D eigenvalue weighted by atomic mass is 32.1. The van der Waals surface area contributed by atoms with Gasteiger partial charge in [0.25, 0.3) is 0 Å². The van der Waals surface area contributed by atoms with Gasteiger partial charge in [0.1, 0.15) is 4.88 Å². The van der Waals surface area contributed by atoms with Crippen molar-refractivity contribution in [2.24, 2.45) is 5.92 Å². The van der Waals surface area contributed by atoms with Crippen molar-refractivity contribution >= 4 is 29.2 Å². The Balaban J connectivity index is 1.68. The first-order chi connectivity index (χ1) is 11.4. The van der Waals surface area contributed by atoms with E-state index in [-0.39, 0.29) is 18.5 Å². The lowest BCUT2D eigenvalue weighted by atomic mass is 9.90. The van der Waals surface area contributed by atoms with Crippen LogP contribution in [0.2, 0.25) is 0 Å². The number of nitrogen functional groups attached to an aromatic ring is 1. The zero-order chi connectivity index (χ0) is 17.3. The van der Waals surface area contributed by atoms with Gasteiger partial charge in [0.2, 0.25) is 11.9 Å². The van der Waals surface area contributed by atoms with E-state index in [2.05, 4.69) is 21.9 Å². The predicted molar refractivity (Wildman–Crippen MR) is 93.2 cm³/mol. The van der Waals surface area contributed by atoms with Crippen LogP contribution in [0.25, 0.3) is 0 Å². The number of hydrogen-bond acceptors (Lipinski definition) is 8. The van der Waals surface area contributed by atoms with Crippen LogP contribution in [-0.4, -0.2) is 35.0 Å². The van der Waals surface area contributed by atoms with Crippen LogP contribution in [0.4, 0.5) is 11.9 Å². The molecule has 0 aliphatic heterocycles. The van der Waals surface area contributed by atoms with Gasteiger partial charge in [-0.05, 0) is 36.8 Å². The Bertz CT molecular complexity index is 759. The molecule has 2 N–H and O–H groups in total. The van der Waals surface area contributed by atoms with Crippen molar-refractivity contribution in [1.82, 2.24) is 15.0 Å². The summed E-state index contributed by atoms with van der Waals surface area (Å²) in [5.74, 6) is 1.23. The smallest absolute Gasteiger partial charge is 0.348 e. The number of hydrogen-bond donors (Lipinski definition) is 1. The third kappa shape index (κ3) is 3.64. The third-order valence-electron chi connectivity index (χ3n) is 3.95. The van der Waals surface area contributed by atoms with E-state index in [1.165, 1.54) is 28.2 Å². The molecule has 0 fully saturated rings. The number of nitrogens with two attached hydrogens (primary N) is 1. The highest BCUT2D eigenvalue weighted by molar-refractivity contribution is 7.14. The number of ether oxygens (including phenoxy) is 1. The van der Waals surface area contributed by atoms with E-state index in [1.807, 2.05) is 20.2 Å². The number of esters is 1. The van der Waals surface area contributed by atoms with Crippen LogP contribution < -0.4 is 10.6 Å². The fourth-order valence-electron chi connectivity index (χ4n) is 2.70. The number of nitrogens with zero attached hydrogens (tertiary/aromatic N) is 4. The lowest BCUT2D eigenvalue weighted by Crippen LogP contribution is -2.17. The minimum atomic E-state index is -0.340. The molecule has 7 nitrogen and oxygen atoms in total. The summed E-state index contributed by atoms with van der Waals surface area (Å²) in [6.07, 6.45) is 3.26. The molecule has 2 aromatic rings. The molecule has 0 saturated heterocycles. The maximum atomic E-state index is 12.3. The average Bonchev–Trinajstić information content (AvgIpc) is 2.95. The van der Waals surface area contributed by atoms with Gasteiger partial charge in [0.05, 0.1) is 0 Å². The first kappa shape index (κ1) is 16.6. The predicted octanol–water partition coefficient (Wildman–Crippen LogP) is 2.06. The van der Waals surface area contributed by atoms with Crippen molar-refractivity contribution in [3.05, 3.63) is 27.2 Å². The molecule has 24 heavy (non-hydrogen) atoms. The molecule has 8 heteroatoms. The summed E-state index contributed by atoms with van der Waals surface area (Å²) in [6, 6.07) is 1.96. The molecule has 3 rings (SSSR count). The minimum Gasteiger partial charge on any atom is -0.453 e. The molecule has 128 valence electrons. The Morgan fingerprint density at radius 3 is 2.96 bits per heavy atom. The number of anilines is 2. The van der Waals surface area contributed by atoms with Crippen molar-refractivity contribution in [3.8, 4) is 0 Å². The summed E-state index contributed by atoms with van der Waals surface area (Å²) in [5.41, 5.74) is 6.95. The molecule has 0 bridgehead atoms. The molecule has 0 amide bonds. The molecule has 0 aromatic carbocycles. The summed E-state index contributed by atoms with van der Waals surface area (Å²) < 4.78 is 5.35. The number of aryl methyl sites for hydroxylation is 1. The monoisotopic (exact) mass is 347 g/mol. The van der Waals surface area contributed by atoms with Crippen molar-refractivity contribution in [2.75, 3.05) is 24.7 Å². The van der Waals surface area contributed by atoms with Gasteiger partial charge in [0.15, 0.2) is 12.4 Å². The Kier molecular flexibility index (Phi) is 4.66. The van der Waals surface area contributed by atoms with E-state index in [4.69, 9.17) is 10.5 Å². The number of carbonyl (C=O) groups excluding carboxylic acids is 1. The van der Waals surface area contributed by atoms with Crippen molar-refractivity contribution < 1.29 is 9.53 Å². The quantitative estimate of drug-likeness (QED) is 0.846. The van der Waals surface area contributed by atoms with Crippen molar-refractivity contribution in [2.45, 2.75) is 32.8 Å². The van der Waals surface area contributed by atoms with Crippen LogP contribution in [0.1, 0.15) is 39.3 Å². The number of thiophene rings is 1. The Labute approximate surface area is 144 Å². The van der Waals surface area contributed by atoms with Gasteiger partial charge >= 0.3 is 5.97 Å². The van der Waals surface area contributed by atoms with E-state index in [1.54, 1.807) is 4.90 Å². The second kappa shape index (κ2) is 6.72. The third-order valence-corrected chi connectivity index (χ3v) is 5.17. The SMILES string of the molecule is CC1CCc2sc(C(=O)OCc3nc(N)nc(N(C)C)n3)cc2C1. The maximum Gasteiger partial charge on any atom is 0.348 e. The zero-order valence-electron chi connectivity index (χ0n) is 14.1. The standard InChI is InChI=1S/C16H21N5O2S/c1-9-4-5-11-10(6-9)7-12(24-11)14(22)23-8-13-18-15(17)20-16(19-13)21(2)3/h7,9H,4-6,8H2,1-3H3,(H2,17,18,19,20). The molecule has 0 saturated carbocycles. The molecule has 2 heterocycles. The lowest BCUT2D eigenvalue weighted by Gasteiger charge is -2.16. The average molecular weight is 347 g/mol. The van der Waals surface area contributed by atoms with E-state index in [0.29, 0.717) is 22.6 Å². The Morgan fingerprint density at radius 2 is 2.21 bits per heavy atom. The first-order valence-electron chi connectivity index (χ1n) is 7.89. The number of carbonyl (C=O) groups is 1. The second-order valence-electron chi connectivity index (χ2n) is 6.29. The van der Waals surface area contributed by atoms with Crippen LogP contribution in [0, 0.1) is 5.92 Å². The molecule has 0 radical (unpaired) electrons. The normalized spacial score (nSPS) is 16.5.